The van der Waals surface area contributed by atoms with Gasteiger partial charge < -0.3 is 5.32 Å². The molecule has 3 aromatic heterocycles. The highest BCUT2D eigenvalue weighted by molar-refractivity contribution is 6.04. The Morgan fingerprint density at radius 2 is 1.72 bits per heavy atom. The first kappa shape index (κ1) is 17.0. The molecule has 2 aromatic carbocycles. The van der Waals surface area contributed by atoms with Crippen molar-refractivity contribution >= 4 is 28.0 Å². The minimum Gasteiger partial charge on any atom is -0.322 e. The largest absolute Gasteiger partial charge is 0.322 e. The highest BCUT2D eigenvalue weighted by atomic mass is 16.1. The predicted octanol–water partition coefficient (Wildman–Crippen LogP) is 3.90. The molecule has 0 unspecified atom stereocenters. The van der Waals surface area contributed by atoms with Gasteiger partial charge in [-0.1, -0.05) is 36.4 Å². The molecule has 0 saturated carbocycles. The van der Waals surface area contributed by atoms with Crippen molar-refractivity contribution in [3.8, 4) is 11.4 Å². The molecule has 0 bridgehead atoms. The van der Waals surface area contributed by atoms with Crippen molar-refractivity contribution in [2.45, 2.75) is 6.92 Å². The molecule has 1 N–H and O–H groups in total. The van der Waals surface area contributed by atoms with Gasteiger partial charge in [0, 0.05) is 40.0 Å². The summed E-state index contributed by atoms with van der Waals surface area (Å²) in [4.78, 5) is 16.4. The van der Waals surface area contributed by atoms with Gasteiger partial charge >= 0.3 is 0 Å². The number of anilines is 1. The molecule has 0 atom stereocenters. The molecule has 140 valence electrons. The molecule has 3 heterocycles. The first-order valence-electron chi connectivity index (χ1n) is 9.13. The van der Waals surface area contributed by atoms with Crippen LogP contribution in [0.3, 0.4) is 0 Å². The maximum Gasteiger partial charge on any atom is 0.255 e. The third-order valence-electron chi connectivity index (χ3n) is 4.77. The van der Waals surface area contributed by atoms with Crippen molar-refractivity contribution in [1.29, 1.82) is 0 Å². The molecule has 1 amide bonds. The van der Waals surface area contributed by atoms with Crippen molar-refractivity contribution in [3.63, 3.8) is 0 Å². The lowest BCUT2D eigenvalue weighted by Gasteiger charge is -2.08. The summed E-state index contributed by atoms with van der Waals surface area (Å²) in [5.41, 5.74) is 3.62. The SMILES string of the molecule is Cc1nn2c(-c3cccc(NC(=O)c4ccncc4)c3)nnc2c2ccccc12. The standard InChI is InChI=1S/C22H16N6O/c1-14-18-7-2-3-8-19(18)21-26-25-20(28(21)27-14)16-5-4-6-17(13-16)24-22(29)15-9-11-23-12-10-15/h2-13H,1H3,(H,24,29). The number of amides is 1. The quantitative estimate of drug-likeness (QED) is 0.513. The summed E-state index contributed by atoms with van der Waals surface area (Å²) in [7, 11) is 0. The number of hydrogen-bond donors (Lipinski definition) is 1. The van der Waals surface area contributed by atoms with Gasteiger partial charge in [0.25, 0.3) is 5.91 Å². The molecule has 5 rings (SSSR count). The minimum atomic E-state index is -0.199. The number of hydrogen-bond acceptors (Lipinski definition) is 5. The van der Waals surface area contributed by atoms with Crippen molar-refractivity contribution in [1.82, 2.24) is 24.8 Å². The molecule has 0 aliphatic heterocycles. The summed E-state index contributed by atoms with van der Waals surface area (Å²) in [6.45, 7) is 1.97. The topological polar surface area (TPSA) is 85.1 Å². The zero-order valence-electron chi connectivity index (χ0n) is 15.6. The summed E-state index contributed by atoms with van der Waals surface area (Å²) in [6.07, 6.45) is 3.18. The second-order valence-corrected chi connectivity index (χ2v) is 6.66. The van der Waals surface area contributed by atoms with Crippen LogP contribution in [0.4, 0.5) is 5.69 Å². The zero-order chi connectivity index (χ0) is 19.8. The summed E-state index contributed by atoms with van der Waals surface area (Å²) in [5, 5.41) is 18.4. The number of rotatable bonds is 3. The van der Waals surface area contributed by atoms with Crippen LogP contribution in [-0.2, 0) is 0 Å². The van der Waals surface area contributed by atoms with Crippen LogP contribution in [0.5, 0.6) is 0 Å². The normalized spacial score (nSPS) is 11.1. The number of benzene rings is 2. The van der Waals surface area contributed by atoms with E-state index >= 15 is 0 Å². The van der Waals surface area contributed by atoms with Crippen LogP contribution in [0.25, 0.3) is 27.8 Å². The Bertz CT molecular complexity index is 1360. The Morgan fingerprint density at radius 3 is 2.55 bits per heavy atom. The third kappa shape index (κ3) is 2.98. The van der Waals surface area contributed by atoms with E-state index in [-0.39, 0.29) is 5.91 Å². The molecular formula is C22H16N6O. The van der Waals surface area contributed by atoms with Crippen LogP contribution in [0.15, 0.2) is 73.1 Å². The van der Waals surface area contributed by atoms with E-state index in [0.717, 1.165) is 22.0 Å². The Morgan fingerprint density at radius 1 is 0.931 bits per heavy atom. The number of carbonyl (C=O) groups is 1. The summed E-state index contributed by atoms with van der Waals surface area (Å²) >= 11 is 0. The summed E-state index contributed by atoms with van der Waals surface area (Å²) < 4.78 is 1.75. The monoisotopic (exact) mass is 380 g/mol. The molecule has 0 fully saturated rings. The lowest BCUT2D eigenvalue weighted by atomic mass is 10.1. The van der Waals surface area contributed by atoms with Gasteiger partial charge in [0.05, 0.1) is 5.69 Å². The molecular weight excluding hydrogens is 364 g/mol. The van der Waals surface area contributed by atoms with Gasteiger partial charge in [0.15, 0.2) is 11.5 Å². The Kier molecular flexibility index (Phi) is 3.98. The van der Waals surface area contributed by atoms with Gasteiger partial charge in [0.1, 0.15) is 0 Å². The Balaban J connectivity index is 1.56. The van der Waals surface area contributed by atoms with E-state index in [4.69, 9.17) is 0 Å². The van der Waals surface area contributed by atoms with E-state index in [2.05, 4.69) is 25.6 Å². The van der Waals surface area contributed by atoms with Crippen LogP contribution in [-0.4, -0.2) is 30.7 Å². The fraction of sp³-hybridized carbons (Fsp3) is 0.0455. The van der Waals surface area contributed by atoms with Crippen molar-refractivity contribution in [2.24, 2.45) is 0 Å². The van der Waals surface area contributed by atoms with Crippen LogP contribution in [0, 0.1) is 6.92 Å². The second kappa shape index (κ2) is 6.79. The third-order valence-corrected chi connectivity index (χ3v) is 4.77. The molecule has 7 nitrogen and oxygen atoms in total. The second-order valence-electron chi connectivity index (χ2n) is 6.66. The number of aryl methyl sites for hydroxylation is 1. The first-order valence-corrected chi connectivity index (χ1v) is 9.13. The number of pyridine rings is 1. The van der Waals surface area contributed by atoms with Crippen LogP contribution in [0.2, 0.25) is 0 Å². The van der Waals surface area contributed by atoms with E-state index < -0.39 is 0 Å². The van der Waals surface area contributed by atoms with Gasteiger partial charge in [0.2, 0.25) is 0 Å². The van der Waals surface area contributed by atoms with Crippen LogP contribution >= 0.6 is 0 Å². The maximum atomic E-state index is 12.4. The van der Waals surface area contributed by atoms with Gasteiger partial charge in [-0.05, 0) is 31.2 Å². The average molecular weight is 380 g/mol. The molecule has 29 heavy (non-hydrogen) atoms. The number of nitrogens with one attached hydrogen (secondary N) is 1. The van der Waals surface area contributed by atoms with Crippen molar-refractivity contribution in [3.05, 3.63) is 84.3 Å². The van der Waals surface area contributed by atoms with Crippen LogP contribution < -0.4 is 5.32 Å². The van der Waals surface area contributed by atoms with E-state index in [1.165, 1.54) is 0 Å². The minimum absolute atomic E-state index is 0.199. The van der Waals surface area contributed by atoms with E-state index in [0.29, 0.717) is 22.7 Å². The maximum absolute atomic E-state index is 12.4. The number of fused-ring (bicyclic) bond motifs is 3. The van der Waals surface area contributed by atoms with Crippen molar-refractivity contribution < 1.29 is 4.79 Å². The van der Waals surface area contributed by atoms with E-state index in [1.807, 2.05) is 55.5 Å². The predicted molar refractivity (Wildman–Crippen MR) is 111 cm³/mol. The molecule has 7 heteroatoms. The number of aromatic nitrogens is 5. The molecule has 0 spiro atoms. The molecule has 5 aromatic rings. The lowest BCUT2D eigenvalue weighted by Crippen LogP contribution is -2.11. The molecule has 0 saturated heterocycles. The van der Waals surface area contributed by atoms with Gasteiger partial charge in [-0.3, -0.25) is 9.78 Å². The first-order chi connectivity index (χ1) is 14.2. The Labute approximate surface area is 166 Å². The van der Waals surface area contributed by atoms with Crippen LogP contribution in [0.1, 0.15) is 16.1 Å². The highest BCUT2D eigenvalue weighted by Crippen LogP contribution is 2.26. The fourth-order valence-electron chi connectivity index (χ4n) is 3.36. The summed E-state index contributed by atoms with van der Waals surface area (Å²) in [5.74, 6) is 0.421. The Hall–Kier alpha value is -4.13. The fourth-order valence-corrected chi connectivity index (χ4v) is 3.36. The number of nitrogens with zero attached hydrogens (tertiary/aromatic N) is 5. The van der Waals surface area contributed by atoms with E-state index in [1.54, 1.807) is 29.0 Å². The molecule has 0 radical (unpaired) electrons. The smallest absolute Gasteiger partial charge is 0.255 e. The average Bonchev–Trinajstić information content (AvgIpc) is 3.19. The van der Waals surface area contributed by atoms with Gasteiger partial charge in [-0.15, -0.1) is 10.2 Å². The molecule has 0 aliphatic rings. The highest BCUT2D eigenvalue weighted by Gasteiger charge is 2.14. The zero-order valence-corrected chi connectivity index (χ0v) is 15.6. The summed E-state index contributed by atoms with van der Waals surface area (Å²) in [6, 6.07) is 18.8. The number of carbonyl (C=O) groups excluding carboxylic acids is 1. The lowest BCUT2D eigenvalue weighted by molar-refractivity contribution is 0.102. The van der Waals surface area contributed by atoms with Gasteiger partial charge in [-0.2, -0.15) is 9.61 Å². The van der Waals surface area contributed by atoms with E-state index in [9.17, 15) is 4.79 Å². The molecule has 0 aliphatic carbocycles. The van der Waals surface area contributed by atoms with Gasteiger partial charge in [-0.25, -0.2) is 0 Å². The van der Waals surface area contributed by atoms with Crippen molar-refractivity contribution in [2.75, 3.05) is 5.32 Å².